The SMILES string of the molecule is COc1ccccc1OCC(=O)Nc1cccc(NC(=O)CN2C(=O)N(C)C3(CCCCC3)C2=O)c1. The lowest BCUT2D eigenvalue weighted by Gasteiger charge is -2.35. The average Bonchev–Trinajstić information content (AvgIpc) is 3.04. The zero-order valence-corrected chi connectivity index (χ0v) is 20.4. The Morgan fingerprint density at radius 3 is 2.22 bits per heavy atom. The van der Waals surface area contributed by atoms with Crippen LogP contribution >= 0.6 is 0 Å². The first-order valence-corrected chi connectivity index (χ1v) is 11.9. The summed E-state index contributed by atoms with van der Waals surface area (Å²) in [4.78, 5) is 53.4. The van der Waals surface area contributed by atoms with Crippen molar-refractivity contribution in [2.75, 3.05) is 37.9 Å². The van der Waals surface area contributed by atoms with E-state index in [9.17, 15) is 19.2 Å². The number of para-hydroxylation sites is 2. The fourth-order valence-corrected chi connectivity index (χ4v) is 4.77. The zero-order valence-electron chi connectivity index (χ0n) is 20.4. The number of nitrogens with zero attached hydrogens (tertiary/aromatic N) is 2. The number of ether oxygens (including phenoxy) is 2. The number of methoxy groups -OCH3 is 1. The number of urea groups is 1. The van der Waals surface area contributed by atoms with Crippen molar-refractivity contribution in [3.63, 3.8) is 0 Å². The molecule has 190 valence electrons. The van der Waals surface area contributed by atoms with E-state index in [1.54, 1.807) is 55.6 Å². The van der Waals surface area contributed by atoms with Gasteiger partial charge in [-0.2, -0.15) is 0 Å². The van der Waals surface area contributed by atoms with Crippen molar-refractivity contribution < 1.29 is 28.7 Å². The van der Waals surface area contributed by atoms with Crippen LogP contribution in [0.1, 0.15) is 32.1 Å². The lowest BCUT2D eigenvalue weighted by Crippen LogP contribution is -2.49. The number of hydrogen-bond donors (Lipinski definition) is 2. The van der Waals surface area contributed by atoms with Gasteiger partial charge >= 0.3 is 6.03 Å². The largest absolute Gasteiger partial charge is 0.493 e. The summed E-state index contributed by atoms with van der Waals surface area (Å²) in [5.41, 5.74) is 0.0463. The van der Waals surface area contributed by atoms with Crippen LogP contribution in [0.5, 0.6) is 11.5 Å². The summed E-state index contributed by atoms with van der Waals surface area (Å²) >= 11 is 0. The Morgan fingerprint density at radius 1 is 0.917 bits per heavy atom. The Kier molecular flexibility index (Phi) is 7.42. The number of nitrogens with one attached hydrogen (secondary N) is 2. The van der Waals surface area contributed by atoms with Gasteiger partial charge in [-0.25, -0.2) is 4.79 Å². The van der Waals surface area contributed by atoms with Gasteiger partial charge in [0.25, 0.3) is 11.8 Å². The molecule has 1 saturated heterocycles. The maximum atomic E-state index is 13.1. The molecule has 36 heavy (non-hydrogen) atoms. The highest BCUT2D eigenvalue weighted by Crippen LogP contribution is 2.39. The Morgan fingerprint density at radius 2 is 1.56 bits per heavy atom. The number of amides is 5. The maximum Gasteiger partial charge on any atom is 0.327 e. The molecular formula is C26H30N4O6. The van der Waals surface area contributed by atoms with Crippen molar-refractivity contribution in [3.05, 3.63) is 48.5 Å². The maximum absolute atomic E-state index is 13.1. The number of anilines is 2. The Bertz CT molecular complexity index is 1160. The van der Waals surface area contributed by atoms with Gasteiger partial charge in [0.2, 0.25) is 5.91 Å². The summed E-state index contributed by atoms with van der Waals surface area (Å²) in [5, 5.41) is 5.41. The van der Waals surface area contributed by atoms with Crippen molar-refractivity contribution in [1.82, 2.24) is 9.80 Å². The molecule has 1 spiro atoms. The molecule has 0 bridgehead atoms. The predicted octanol–water partition coefficient (Wildman–Crippen LogP) is 3.25. The monoisotopic (exact) mass is 494 g/mol. The van der Waals surface area contributed by atoms with Gasteiger partial charge in [0.15, 0.2) is 18.1 Å². The summed E-state index contributed by atoms with van der Waals surface area (Å²) in [7, 11) is 3.15. The predicted molar refractivity (Wildman–Crippen MR) is 133 cm³/mol. The van der Waals surface area contributed by atoms with Crippen LogP contribution in [0.2, 0.25) is 0 Å². The van der Waals surface area contributed by atoms with E-state index in [0.29, 0.717) is 35.7 Å². The van der Waals surface area contributed by atoms with Crippen molar-refractivity contribution in [3.8, 4) is 11.5 Å². The zero-order chi connectivity index (χ0) is 25.7. The lowest BCUT2D eigenvalue weighted by atomic mass is 9.81. The fourth-order valence-electron chi connectivity index (χ4n) is 4.77. The van der Waals surface area contributed by atoms with Gasteiger partial charge < -0.3 is 25.0 Å². The molecule has 4 rings (SSSR count). The molecule has 1 heterocycles. The van der Waals surface area contributed by atoms with Crippen molar-refractivity contribution in [2.45, 2.75) is 37.6 Å². The smallest absolute Gasteiger partial charge is 0.327 e. The van der Waals surface area contributed by atoms with Crippen LogP contribution in [0, 0.1) is 0 Å². The number of hydrogen-bond acceptors (Lipinski definition) is 6. The summed E-state index contributed by atoms with van der Waals surface area (Å²) in [5.74, 6) is -0.228. The van der Waals surface area contributed by atoms with E-state index in [0.717, 1.165) is 24.2 Å². The van der Waals surface area contributed by atoms with E-state index in [-0.39, 0.29) is 19.1 Å². The Labute approximate surface area is 209 Å². The number of likely N-dealkylation sites (N-methyl/N-ethyl adjacent to an activating group) is 1. The van der Waals surface area contributed by atoms with Gasteiger partial charge in [-0.3, -0.25) is 19.3 Å². The molecule has 0 unspecified atom stereocenters. The topological polar surface area (TPSA) is 117 Å². The normalized spacial score (nSPS) is 16.7. The van der Waals surface area contributed by atoms with Crippen LogP contribution < -0.4 is 20.1 Å². The second-order valence-corrected chi connectivity index (χ2v) is 8.94. The molecule has 0 atom stereocenters. The second-order valence-electron chi connectivity index (χ2n) is 8.94. The first-order valence-electron chi connectivity index (χ1n) is 11.9. The highest BCUT2D eigenvalue weighted by Gasteiger charge is 2.55. The third kappa shape index (κ3) is 5.12. The lowest BCUT2D eigenvalue weighted by molar-refractivity contribution is -0.136. The minimum Gasteiger partial charge on any atom is -0.493 e. The number of carbonyl (C=O) groups is 4. The molecule has 0 aromatic heterocycles. The molecule has 10 heteroatoms. The summed E-state index contributed by atoms with van der Waals surface area (Å²) in [6.07, 6.45) is 4.04. The molecule has 5 amide bonds. The highest BCUT2D eigenvalue weighted by molar-refractivity contribution is 6.10. The molecule has 10 nitrogen and oxygen atoms in total. The molecule has 2 aromatic carbocycles. The first-order chi connectivity index (χ1) is 17.3. The Balaban J connectivity index is 1.33. The minimum atomic E-state index is -0.828. The van der Waals surface area contributed by atoms with E-state index in [4.69, 9.17) is 9.47 Å². The van der Waals surface area contributed by atoms with Gasteiger partial charge in [-0.15, -0.1) is 0 Å². The molecule has 0 radical (unpaired) electrons. The number of carbonyl (C=O) groups excluding carboxylic acids is 4. The highest BCUT2D eigenvalue weighted by atomic mass is 16.5. The third-order valence-corrected chi connectivity index (χ3v) is 6.64. The van der Waals surface area contributed by atoms with Crippen LogP contribution in [0.25, 0.3) is 0 Å². The third-order valence-electron chi connectivity index (χ3n) is 6.64. The quantitative estimate of drug-likeness (QED) is 0.544. The van der Waals surface area contributed by atoms with Crippen LogP contribution in [0.15, 0.2) is 48.5 Å². The van der Waals surface area contributed by atoms with Crippen LogP contribution in [-0.2, 0) is 14.4 Å². The second kappa shape index (κ2) is 10.7. The summed E-state index contributed by atoms with van der Waals surface area (Å²) in [6, 6.07) is 13.1. The van der Waals surface area contributed by atoms with Crippen LogP contribution in [-0.4, -0.2) is 66.4 Å². The van der Waals surface area contributed by atoms with Crippen molar-refractivity contribution in [2.24, 2.45) is 0 Å². The molecular weight excluding hydrogens is 464 g/mol. The van der Waals surface area contributed by atoms with E-state index >= 15 is 0 Å². The molecule has 2 fully saturated rings. The van der Waals surface area contributed by atoms with Gasteiger partial charge in [0.05, 0.1) is 7.11 Å². The van der Waals surface area contributed by atoms with Crippen molar-refractivity contribution >= 4 is 35.1 Å². The average molecular weight is 495 g/mol. The molecule has 2 N–H and O–H groups in total. The van der Waals surface area contributed by atoms with E-state index in [1.807, 2.05) is 0 Å². The Hall–Kier alpha value is -4.08. The van der Waals surface area contributed by atoms with E-state index in [1.165, 1.54) is 12.0 Å². The summed E-state index contributed by atoms with van der Waals surface area (Å²) < 4.78 is 10.7. The molecule has 1 aliphatic heterocycles. The summed E-state index contributed by atoms with van der Waals surface area (Å²) in [6.45, 7) is -0.599. The van der Waals surface area contributed by atoms with Crippen molar-refractivity contribution in [1.29, 1.82) is 0 Å². The van der Waals surface area contributed by atoms with E-state index in [2.05, 4.69) is 10.6 Å². The number of imide groups is 1. The fraction of sp³-hybridized carbons (Fsp3) is 0.385. The van der Waals surface area contributed by atoms with Gasteiger partial charge in [-0.1, -0.05) is 37.5 Å². The minimum absolute atomic E-state index is 0.231. The van der Waals surface area contributed by atoms with Gasteiger partial charge in [-0.05, 0) is 43.2 Å². The van der Waals surface area contributed by atoms with Crippen LogP contribution in [0.3, 0.4) is 0 Å². The molecule has 2 aromatic rings. The van der Waals surface area contributed by atoms with Gasteiger partial charge in [0.1, 0.15) is 12.1 Å². The molecule has 2 aliphatic rings. The number of benzene rings is 2. The van der Waals surface area contributed by atoms with E-state index < -0.39 is 23.4 Å². The molecule has 1 saturated carbocycles. The molecule has 1 aliphatic carbocycles. The number of rotatable bonds is 8. The first kappa shape index (κ1) is 25.0. The van der Waals surface area contributed by atoms with Gasteiger partial charge in [0, 0.05) is 18.4 Å². The standard InChI is InChI=1S/C26H30N4O6/c1-29-25(34)30(24(33)26(29)13-6-3-7-14-26)16-22(31)27-18-9-8-10-19(15-18)28-23(32)17-36-21-12-5-4-11-20(21)35-2/h4-5,8-12,15H,3,6-7,13-14,16-17H2,1-2H3,(H,27,31)(H,28,32). The van der Waals surface area contributed by atoms with Crippen LogP contribution in [0.4, 0.5) is 16.2 Å².